The van der Waals surface area contributed by atoms with Gasteiger partial charge in [0.15, 0.2) is 5.65 Å². The molecule has 1 saturated heterocycles. The van der Waals surface area contributed by atoms with Crippen LogP contribution in [0.15, 0.2) is 42.6 Å². The summed E-state index contributed by atoms with van der Waals surface area (Å²) in [6, 6.07) is 9.96. The molecule has 6 nitrogen and oxygen atoms in total. The first-order valence-electron chi connectivity index (χ1n) is 9.21. The normalized spacial score (nSPS) is 17.9. The molecule has 1 fully saturated rings. The number of aryl methyl sites for hydroxylation is 1. The molecule has 1 unspecified atom stereocenters. The molecule has 1 aliphatic heterocycles. The van der Waals surface area contributed by atoms with Crippen LogP contribution >= 0.6 is 0 Å². The Labute approximate surface area is 157 Å². The molecule has 0 aliphatic carbocycles. The Hall–Kier alpha value is -2.80. The smallest absolute Gasteiger partial charge is 0.241 e. The Bertz CT molecular complexity index is 953. The average Bonchev–Trinajstić information content (AvgIpc) is 3.03. The third kappa shape index (κ3) is 3.98. The standard InChI is InChI=1S/C20H22FN5O/c1-14-22-19-10-9-17(13-26(19)24-14)23-20(27)18-4-2-3-11-25(18)12-15-5-7-16(21)8-6-15/h5-10,13,18H,2-4,11-12H2,1H3,(H,23,27). The van der Waals surface area contributed by atoms with Gasteiger partial charge in [-0.3, -0.25) is 9.69 Å². The van der Waals surface area contributed by atoms with E-state index in [2.05, 4.69) is 20.3 Å². The molecule has 0 radical (unpaired) electrons. The monoisotopic (exact) mass is 367 g/mol. The summed E-state index contributed by atoms with van der Waals surface area (Å²) in [6.45, 7) is 3.33. The van der Waals surface area contributed by atoms with E-state index < -0.39 is 0 Å². The van der Waals surface area contributed by atoms with Crippen molar-refractivity contribution in [2.75, 3.05) is 11.9 Å². The van der Waals surface area contributed by atoms with Crippen LogP contribution in [-0.2, 0) is 11.3 Å². The minimum absolute atomic E-state index is 0.0204. The lowest BCUT2D eigenvalue weighted by Crippen LogP contribution is -2.46. The molecule has 1 N–H and O–H groups in total. The van der Waals surface area contributed by atoms with E-state index in [4.69, 9.17) is 0 Å². The minimum atomic E-state index is -0.245. The van der Waals surface area contributed by atoms with E-state index in [0.717, 1.165) is 37.0 Å². The van der Waals surface area contributed by atoms with Crippen LogP contribution in [0.1, 0.15) is 30.7 Å². The SMILES string of the molecule is Cc1nc2ccc(NC(=O)C3CCCCN3Cc3ccc(F)cc3)cn2n1. The quantitative estimate of drug-likeness (QED) is 0.769. The molecule has 0 saturated carbocycles. The van der Waals surface area contributed by atoms with E-state index in [1.165, 1.54) is 12.1 Å². The zero-order valence-electron chi connectivity index (χ0n) is 15.2. The molecular weight excluding hydrogens is 345 g/mol. The van der Waals surface area contributed by atoms with Crippen LogP contribution in [0.3, 0.4) is 0 Å². The van der Waals surface area contributed by atoms with Gasteiger partial charge in [-0.25, -0.2) is 13.9 Å². The molecule has 3 aromatic rings. The first-order chi connectivity index (χ1) is 13.1. The predicted molar refractivity (Wildman–Crippen MR) is 101 cm³/mol. The van der Waals surface area contributed by atoms with Crippen LogP contribution in [0, 0.1) is 12.7 Å². The second-order valence-corrected chi connectivity index (χ2v) is 6.98. The van der Waals surface area contributed by atoms with Crippen LogP contribution in [0.2, 0.25) is 0 Å². The van der Waals surface area contributed by atoms with Gasteiger partial charge in [-0.2, -0.15) is 5.10 Å². The van der Waals surface area contributed by atoms with Crippen molar-refractivity contribution in [1.29, 1.82) is 0 Å². The van der Waals surface area contributed by atoms with Crippen molar-refractivity contribution in [3.05, 3.63) is 59.8 Å². The van der Waals surface area contributed by atoms with Gasteiger partial charge in [0, 0.05) is 6.54 Å². The zero-order chi connectivity index (χ0) is 18.8. The van der Waals surface area contributed by atoms with E-state index in [9.17, 15) is 9.18 Å². The van der Waals surface area contributed by atoms with Crippen LogP contribution in [0.5, 0.6) is 0 Å². The van der Waals surface area contributed by atoms with Crippen molar-refractivity contribution >= 4 is 17.2 Å². The molecule has 4 rings (SSSR count). The second-order valence-electron chi connectivity index (χ2n) is 6.98. The van der Waals surface area contributed by atoms with Crippen LogP contribution in [-0.4, -0.2) is 38.0 Å². The summed E-state index contributed by atoms with van der Waals surface area (Å²) in [5, 5.41) is 7.29. The van der Waals surface area contributed by atoms with Gasteiger partial charge in [-0.15, -0.1) is 0 Å². The maximum atomic E-state index is 13.1. The van der Waals surface area contributed by atoms with Gasteiger partial charge < -0.3 is 5.32 Å². The number of fused-ring (bicyclic) bond motifs is 1. The van der Waals surface area contributed by atoms with E-state index in [1.807, 2.05) is 19.1 Å². The van der Waals surface area contributed by atoms with Gasteiger partial charge in [0.1, 0.15) is 11.6 Å². The number of nitrogens with zero attached hydrogens (tertiary/aromatic N) is 4. The fraction of sp³-hybridized carbons (Fsp3) is 0.350. The molecule has 1 atom stereocenters. The summed E-state index contributed by atoms with van der Waals surface area (Å²) in [7, 11) is 0. The van der Waals surface area contributed by atoms with Crippen molar-refractivity contribution in [3.8, 4) is 0 Å². The largest absolute Gasteiger partial charge is 0.323 e. The predicted octanol–water partition coefficient (Wildman–Crippen LogP) is 3.17. The summed E-state index contributed by atoms with van der Waals surface area (Å²) in [5.74, 6) is 0.426. The van der Waals surface area contributed by atoms with Gasteiger partial charge >= 0.3 is 0 Å². The molecule has 2 aromatic heterocycles. The summed E-state index contributed by atoms with van der Waals surface area (Å²) in [6.07, 6.45) is 4.69. The van der Waals surface area contributed by atoms with Gasteiger partial charge in [0.25, 0.3) is 0 Å². The first-order valence-corrected chi connectivity index (χ1v) is 9.21. The number of benzene rings is 1. The molecule has 1 amide bonds. The number of halogens is 1. The third-order valence-corrected chi connectivity index (χ3v) is 4.92. The summed E-state index contributed by atoms with van der Waals surface area (Å²) in [4.78, 5) is 19.4. The number of piperidine rings is 1. The first kappa shape index (κ1) is 17.6. The molecule has 140 valence electrons. The topological polar surface area (TPSA) is 62.5 Å². The Morgan fingerprint density at radius 3 is 2.85 bits per heavy atom. The highest BCUT2D eigenvalue weighted by molar-refractivity contribution is 5.94. The molecule has 7 heteroatoms. The van der Waals surface area contributed by atoms with E-state index >= 15 is 0 Å². The number of pyridine rings is 1. The molecular formula is C20H22FN5O. The third-order valence-electron chi connectivity index (χ3n) is 4.92. The van der Waals surface area contributed by atoms with Crippen molar-refractivity contribution in [1.82, 2.24) is 19.5 Å². The van der Waals surface area contributed by atoms with Crippen LogP contribution in [0.25, 0.3) is 5.65 Å². The number of hydrogen-bond acceptors (Lipinski definition) is 4. The Morgan fingerprint density at radius 2 is 2.04 bits per heavy atom. The highest BCUT2D eigenvalue weighted by Gasteiger charge is 2.28. The number of amides is 1. The van der Waals surface area contributed by atoms with E-state index in [-0.39, 0.29) is 17.8 Å². The lowest BCUT2D eigenvalue weighted by molar-refractivity contribution is -0.122. The fourth-order valence-corrected chi connectivity index (χ4v) is 3.60. The number of aromatic nitrogens is 3. The molecule has 0 bridgehead atoms. The lowest BCUT2D eigenvalue weighted by Gasteiger charge is -2.34. The zero-order valence-corrected chi connectivity index (χ0v) is 15.2. The highest BCUT2D eigenvalue weighted by Crippen LogP contribution is 2.21. The highest BCUT2D eigenvalue weighted by atomic mass is 19.1. The van der Waals surface area contributed by atoms with E-state index in [0.29, 0.717) is 18.1 Å². The van der Waals surface area contributed by atoms with Gasteiger partial charge in [0.2, 0.25) is 5.91 Å². The molecule has 1 aliphatic rings. The number of rotatable bonds is 4. The van der Waals surface area contributed by atoms with Crippen molar-refractivity contribution in [3.63, 3.8) is 0 Å². The lowest BCUT2D eigenvalue weighted by atomic mass is 10.00. The molecule has 0 spiro atoms. The van der Waals surface area contributed by atoms with Gasteiger partial charge in [-0.05, 0) is 56.1 Å². The minimum Gasteiger partial charge on any atom is -0.323 e. The van der Waals surface area contributed by atoms with Gasteiger partial charge in [0.05, 0.1) is 17.9 Å². The molecule has 3 heterocycles. The summed E-state index contributed by atoms with van der Waals surface area (Å²) < 4.78 is 14.8. The number of likely N-dealkylation sites (tertiary alicyclic amines) is 1. The number of hydrogen-bond donors (Lipinski definition) is 1. The summed E-state index contributed by atoms with van der Waals surface area (Å²) in [5.41, 5.74) is 2.46. The second kappa shape index (κ2) is 7.44. The van der Waals surface area contributed by atoms with Crippen LogP contribution in [0.4, 0.5) is 10.1 Å². The van der Waals surface area contributed by atoms with Crippen molar-refractivity contribution < 1.29 is 9.18 Å². The number of carbonyl (C=O) groups is 1. The Balaban J connectivity index is 1.48. The molecule has 27 heavy (non-hydrogen) atoms. The number of anilines is 1. The summed E-state index contributed by atoms with van der Waals surface area (Å²) >= 11 is 0. The Morgan fingerprint density at radius 1 is 1.22 bits per heavy atom. The van der Waals surface area contributed by atoms with Crippen molar-refractivity contribution in [2.45, 2.75) is 38.8 Å². The fourth-order valence-electron chi connectivity index (χ4n) is 3.60. The number of nitrogens with one attached hydrogen (secondary N) is 1. The van der Waals surface area contributed by atoms with E-state index in [1.54, 1.807) is 22.8 Å². The maximum Gasteiger partial charge on any atom is 0.241 e. The average molecular weight is 367 g/mol. The maximum absolute atomic E-state index is 13.1. The van der Waals surface area contributed by atoms with Gasteiger partial charge in [-0.1, -0.05) is 18.6 Å². The van der Waals surface area contributed by atoms with Crippen LogP contribution < -0.4 is 5.32 Å². The number of carbonyl (C=O) groups excluding carboxylic acids is 1. The molecule has 1 aromatic carbocycles. The Kier molecular flexibility index (Phi) is 4.85. The van der Waals surface area contributed by atoms with Crippen molar-refractivity contribution in [2.24, 2.45) is 0 Å².